The first kappa shape index (κ1) is 35.1. The Kier molecular flexibility index (Phi) is 11.7. The highest BCUT2D eigenvalue weighted by Gasteiger charge is 2.46. The Bertz CT molecular complexity index is 1470. The maximum atomic E-state index is 13.8. The van der Waals surface area contributed by atoms with E-state index in [1.807, 2.05) is 19.1 Å². The number of amides is 4. The molecular weight excluding hydrogens is 623 g/mol. The van der Waals surface area contributed by atoms with E-state index in [2.05, 4.69) is 20.9 Å². The number of aliphatic carboxylic acids is 1. The number of ether oxygens (including phenoxy) is 2. The Balaban J connectivity index is 0.000000610. The number of alkyl halides is 3. The van der Waals surface area contributed by atoms with E-state index >= 15 is 0 Å². The summed E-state index contributed by atoms with van der Waals surface area (Å²) in [7, 11) is 1.56. The zero-order valence-corrected chi connectivity index (χ0v) is 25.7. The Morgan fingerprint density at radius 3 is 2.42 bits per heavy atom. The first-order valence-corrected chi connectivity index (χ1v) is 14.8. The first-order chi connectivity index (χ1) is 21.2. The third-order valence-corrected chi connectivity index (χ3v) is 7.94. The zero-order valence-electron chi connectivity index (χ0n) is 24.8. The van der Waals surface area contributed by atoms with Crippen molar-refractivity contribution in [2.45, 2.75) is 57.7 Å². The molecule has 1 spiro atoms. The van der Waals surface area contributed by atoms with Crippen molar-refractivity contribution in [3.63, 3.8) is 0 Å². The van der Waals surface area contributed by atoms with E-state index in [0.717, 1.165) is 4.70 Å². The minimum absolute atomic E-state index is 0.143. The number of methoxy groups -OCH3 is 1. The number of carboxylic acid groups (broad SMARTS) is 1. The number of hydrogen-bond acceptors (Lipinski definition) is 9. The predicted octanol–water partition coefficient (Wildman–Crippen LogP) is 3.92. The molecule has 4 N–H and O–H groups in total. The van der Waals surface area contributed by atoms with E-state index in [-0.39, 0.29) is 24.2 Å². The number of halogens is 3. The molecule has 0 aliphatic carbocycles. The number of hydrogen-bond donors (Lipinski definition) is 4. The van der Waals surface area contributed by atoms with Crippen LogP contribution in [0.3, 0.4) is 0 Å². The van der Waals surface area contributed by atoms with Gasteiger partial charge >= 0.3 is 24.1 Å². The first-order valence-electron chi connectivity index (χ1n) is 14.0. The zero-order chi connectivity index (χ0) is 33.4. The van der Waals surface area contributed by atoms with E-state index in [1.54, 1.807) is 25.0 Å². The quantitative estimate of drug-likeness (QED) is 0.294. The number of thiophene rings is 1. The number of rotatable bonds is 9. The van der Waals surface area contributed by atoms with Crippen LogP contribution in [-0.2, 0) is 19.1 Å². The number of urea groups is 1. The van der Waals surface area contributed by atoms with Gasteiger partial charge in [0.1, 0.15) is 28.5 Å². The van der Waals surface area contributed by atoms with Gasteiger partial charge in [-0.1, -0.05) is 12.1 Å². The summed E-state index contributed by atoms with van der Waals surface area (Å²) in [6.07, 6.45) is -5.18. The van der Waals surface area contributed by atoms with Gasteiger partial charge in [-0.2, -0.15) is 13.2 Å². The third kappa shape index (κ3) is 9.06. The Morgan fingerprint density at radius 2 is 1.87 bits per heavy atom. The maximum absolute atomic E-state index is 13.8. The highest BCUT2D eigenvalue weighted by Crippen LogP contribution is 2.42. The van der Waals surface area contributed by atoms with Gasteiger partial charge in [-0.25, -0.2) is 4.79 Å². The summed E-state index contributed by atoms with van der Waals surface area (Å²) < 4.78 is 44.0. The lowest BCUT2D eigenvalue weighted by atomic mass is 9.87. The second-order valence-electron chi connectivity index (χ2n) is 9.95. The molecule has 0 saturated carbocycles. The Hall–Kier alpha value is -4.41. The fraction of sp³-hybridized carbons (Fsp3) is 0.500. The molecule has 13 nitrogen and oxygen atoms in total. The van der Waals surface area contributed by atoms with Crippen LogP contribution in [0.5, 0.6) is 5.75 Å². The summed E-state index contributed by atoms with van der Waals surface area (Å²) in [6, 6.07) is 5.05. The standard InChI is InChI=1S/C25H31N5O6S.C3H3F3O2/c1-4-26-24(34)28-21-19(15-7-6-8-16(35-3)20(15)37-21)22(32)30-13-11-25(12-14-30)23(33)27-17(29-25)9-10-18(31)36-5-2;4-3(5,6)1-2(7)8/h6-8H,4-5,9-14H2,1-3H3,(H2,26,28,34)(H,27,29,33);1H2,(H,7,8). The molecule has 4 rings (SSSR count). The molecule has 0 radical (unpaired) electrons. The van der Waals surface area contributed by atoms with E-state index < -0.39 is 30.1 Å². The molecule has 1 saturated heterocycles. The molecular formula is C28H34F3N5O8S. The number of fused-ring (bicyclic) bond motifs is 1. The molecule has 4 amide bonds. The van der Waals surface area contributed by atoms with Gasteiger partial charge in [0.25, 0.3) is 11.8 Å². The number of nitrogens with one attached hydrogen (secondary N) is 3. The molecule has 17 heteroatoms. The molecule has 246 valence electrons. The van der Waals surface area contributed by atoms with Crippen LogP contribution in [-0.4, -0.2) is 90.7 Å². The molecule has 45 heavy (non-hydrogen) atoms. The van der Waals surface area contributed by atoms with E-state index in [1.165, 1.54) is 11.3 Å². The van der Waals surface area contributed by atoms with Crippen molar-refractivity contribution in [2.75, 3.05) is 38.7 Å². The van der Waals surface area contributed by atoms with Gasteiger partial charge in [-0.15, -0.1) is 11.3 Å². The van der Waals surface area contributed by atoms with Crippen LogP contribution in [0.25, 0.3) is 10.1 Å². The summed E-state index contributed by atoms with van der Waals surface area (Å²) in [5.41, 5.74) is -0.543. The van der Waals surface area contributed by atoms with Gasteiger partial charge in [-0.3, -0.25) is 29.5 Å². The van der Waals surface area contributed by atoms with Gasteiger partial charge in [-0.05, 0) is 32.8 Å². The molecule has 0 atom stereocenters. The largest absolute Gasteiger partial charge is 0.495 e. The number of carbonyl (C=O) groups is 5. The van der Waals surface area contributed by atoms with E-state index in [9.17, 15) is 37.1 Å². The topological polar surface area (TPSA) is 176 Å². The van der Waals surface area contributed by atoms with Gasteiger partial charge < -0.3 is 30.1 Å². The summed E-state index contributed by atoms with van der Waals surface area (Å²) in [5.74, 6) is -1.53. The van der Waals surface area contributed by atoms with Crippen LogP contribution < -0.4 is 20.7 Å². The molecule has 2 aliphatic rings. The van der Waals surface area contributed by atoms with Crippen molar-refractivity contribution >= 4 is 62.0 Å². The van der Waals surface area contributed by atoms with Crippen LogP contribution in [0.2, 0.25) is 0 Å². The molecule has 1 fully saturated rings. The number of aliphatic imine (C=N–C) groups is 1. The van der Waals surface area contributed by atoms with Crippen LogP contribution in [0.15, 0.2) is 23.2 Å². The Labute approximate surface area is 260 Å². The number of likely N-dealkylation sites (tertiary alicyclic amines) is 1. The second kappa shape index (κ2) is 15.0. The summed E-state index contributed by atoms with van der Waals surface area (Å²) in [6.45, 7) is 4.95. The molecule has 3 heterocycles. The summed E-state index contributed by atoms with van der Waals surface area (Å²) in [4.78, 5) is 66.2. The number of nitrogens with zero attached hydrogens (tertiary/aromatic N) is 2. The lowest BCUT2D eigenvalue weighted by Crippen LogP contribution is -2.50. The molecule has 1 aromatic heterocycles. The van der Waals surface area contributed by atoms with Crippen molar-refractivity contribution in [2.24, 2.45) is 4.99 Å². The van der Waals surface area contributed by atoms with Crippen molar-refractivity contribution in [3.8, 4) is 5.75 Å². The van der Waals surface area contributed by atoms with Crippen molar-refractivity contribution in [3.05, 3.63) is 23.8 Å². The van der Waals surface area contributed by atoms with Gasteiger partial charge in [0.15, 0.2) is 0 Å². The van der Waals surface area contributed by atoms with Crippen LogP contribution in [0.4, 0.5) is 23.0 Å². The van der Waals surface area contributed by atoms with Gasteiger partial charge in [0.2, 0.25) is 0 Å². The number of esters is 1. The number of piperidine rings is 1. The van der Waals surface area contributed by atoms with Crippen LogP contribution >= 0.6 is 11.3 Å². The van der Waals surface area contributed by atoms with Crippen LogP contribution in [0, 0.1) is 0 Å². The fourth-order valence-corrected chi connectivity index (χ4v) is 5.95. The molecule has 2 aliphatic heterocycles. The van der Waals surface area contributed by atoms with Gasteiger partial charge in [0, 0.05) is 31.4 Å². The van der Waals surface area contributed by atoms with Crippen molar-refractivity contribution in [1.82, 2.24) is 15.5 Å². The van der Waals surface area contributed by atoms with Crippen molar-refractivity contribution in [1.29, 1.82) is 0 Å². The predicted molar refractivity (Wildman–Crippen MR) is 159 cm³/mol. The SMILES string of the molecule is CCNC(=O)Nc1sc2c(OC)cccc2c1C(=O)N1CCC2(CC1)N=C(CCC(=O)OCC)NC2=O.O=C(O)CC(F)(F)F. The summed E-state index contributed by atoms with van der Waals surface area (Å²) >= 11 is 1.28. The number of amidine groups is 1. The lowest BCUT2D eigenvalue weighted by Gasteiger charge is -2.35. The normalized spacial score (nSPS) is 15.5. The number of benzene rings is 1. The number of carboxylic acids is 1. The van der Waals surface area contributed by atoms with E-state index in [0.29, 0.717) is 73.0 Å². The monoisotopic (exact) mass is 657 g/mol. The maximum Gasteiger partial charge on any atom is 0.399 e. The number of anilines is 1. The van der Waals surface area contributed by atoms with Gasteiger partial charge in [0.05, 0.1) is 30.4 Å². The smallest absolute Gasteiger partial charge is 0.399 e. The average Bonchev–Trinajstić information content (AvgIpc) is 3.47. The average molecular weight is 658 g/mol. The minimum atomic E-state index is -4.58. The lowest BCUT2D eigenvalue weighted by molar-refractivity contribution is -0.166. The molecule has 2 aromatic rings. The molecule has 1 aromatic carbocycles. The highest BCUT2D eigenvalue weighted by atomic mass is 32.1. The number of carbonyl (C=O) groups excluding carboxylic acids is 4. The summed E-state index contributed by atoms with van der Waals surface area (Å²) in [5, 5.41) is 17.0. The minimum Gasteiger partial charge on any atom is -0.495 e. The fourth-order valence-electron chi connectivity index (χ4n) is 4.77. The molecule has 0 unspecified atom stereocenters. The highest BCUT2D eigenvalue weighted by molar-refractivity contribution is 7.23. The van der Waals surface area contributed by atoms with E-state index in [4.69, 9.17) is 14.6 Å². The van der Waals surface area contributed by atoms with Crippen LogP contribution in [0.1, 0.15) is 56.3 Å². The van der Waals surface area contributed by atoms with Crippen molar-refractivity contribution < 1.29 is 51.7 Å². The third-order valence-electron chi connectivity index (χ3n) is 6.81. The second-order valence-corrected chi connectivity index (χ2v) is 11.0. The Morgan fingerprint density at radius 1 is 1.18 bits per heavy atom. The molecule has 0 bridgehead atoms.